The molecule has 0 saturated carbocycles. The van der Waals surface area contributed by atoms with Crippen molar-refractivity contribution in [2.75, 3.05) is 54.5 Å². The Kier molecular flexibility index (Phi) is 15.8. The number of fused-ring (bicyclic) bond motifs is 6. The van der Waals surface area contributed by atoms with Crippen molar-refractivity contribution in [3.63, 3.8) is 0 Å². The number of carbonyl (C=O) groups excluding carboxylic acids is 5. The van der Waals surface area contributed by atoms with Crippen molar-refractivity contribution in [1.82, 2.24) is 40.0 Å². The molecule has 6 bridgehead atoms. The van der Waals surface area contributed by atoms with Crippen molar-refractivity contribution >= 4 is 40.5 Å². The van der Waals surface area contributed by atoms with E-state index in [2.05, 4.69) is 45.1 Å². The largest absolute Gasteiger partial charge is 0.508 e. The number of aromatic hydroxyl groups is 1. The van der Waals surface area contributed by atoms with Crippen LogP contribution in [0.15, 0.2) is 54.7 Å². The summed E-state index contributed by atoms with van der Waals surface area (Å²) in [5, 5.41) is 40.0. The number of ether oxygens (including phenoxy) is 2. The summed E-state index contributed by atoms with van der Waals surface area (Å²) in [4.78, 5) is 80.1. The van der Waals surface area contributed by atoms with Gasteiger partial charge in [-0.1, -0.05) is 45.7 Å². The number of aliphatic hydroxyl groups is 2. The zero-order chi connectivity index (χ0) is 53.4. The summed E-state index contributed by atoms with van der Waals surface area (Å²) in [6.45, 7) is 13.8. The van der Waals surface area contributed by atoms with Crippen LogP contribution in [0.25, 0.3) is 33.3 Å². The summed E-state index contributed by atoms with van der Waals surface area (Å²) in [5.74, 6) is 1.25. The topological polar surface area (TPSA) is 219 Å². The SMILES string of the molecule is CCn1c(-c2cccnc2COC)c2c3cc(ccc31)-c1cc(O)cc(c1)C[C@H](NC(=O)[C@H](C(C)C)N(C)C(=O)[C@]1(O)CCN(C(=O)C#CC(C)(C)N(C)C)C1)C(=O)N1CCC[C@@](O)(N1)C(=O)OCC(C)(C)C2. The molecule has 4 amide bonds. The lowest BCUT2D eigenvalue weighted by molar-refractivity contribution is -0.189. The first kappa shape index (κ1) is 54.4. The number of hydrogen-bond acceptors (Lipinski definition) is 13. The molecule has 4 aromatic rings. The van der Waals surface area contributed by atoms with E-state index in [9.17, 15) is 39.3 Å². The van der Waals surface area contributed by atoms with Gasteiger partial charge in [0.15, 0.2) is 5.60 Å². The number of pyridine rings is 1. The lowest BCUT2D eigenvalue weighted by atomic mass is 9.84. The fraction of sp³-hybridized carbons (Fsp3) is 0.527. The molecular weight excluding hydrogens is 933 g/mol. The number of likely N-dealkylation sites (tertiary alicyclic amines) is 1. The average molecular weight is 1010 g/mol. The number of phenols is 1. The molecule has 18 heteroatoms. The normalized spacial score (nSPS) is 21.9. The lowest BCUT2D eigenvalue weighted by Gasteiger charge is -2.40. The molecule has 2 aromatic heterocycles. The van der Waals surface area contributed by atoms with E-state index in [1.165, 1.54) is 18.0 Å². The highest BCUT2D eigenvalue weighted by Gasteiger charge is 2.49. The van der Waals surface area contributed by atoms with Crippen molar-refractivity contribution in [1.29, 1.82) is 0 Å². The Morgan fingerprint density at radius 3 is 2.47 bits per heavy atom. The Morgan fingerprint density at radius 2 is 1.78 bits per heavy atom. The number of rotatable bonds is 10. The highest BCUT2D eigenvalue weighted by atomic mass is 16.6. The van der Waals surface area contributed by atoms with Crippen molar-refractivity contribution < 1.29 is 48.8 Å². The van der Waals surface area contributed by atoms with E-state index in [-0.39, 0.29) is 64.3 Å². The maximum atomic E-state index is 14.8. The number of cyclic esters (lactones) is 1. The van der Waals surface area contributed by atoms with Gasteiger partial charge in [-0.15, -0.1) is 0 Å². The number of nitrogens with one attached hydrogen (secondary N) is 2. The molecule has 18 nitrogen and oxygen atoms in total. The number of benzene rings is 2. The molecule has 392 valence electrons. The van der Waals surface area contributed by atoms with Crippen molar-refractivity contribution in [2.45, 2.75) is 123 Å². The van der Waals surface area contributed by atoms with Crippen LogP contribution < -0.4 is 10.7 Å². The highest BCUT2D eigenvalue weighted by Crippen LogP contribution is 2.41. The van der Waals surface area contributed by atoms with E-state index in [1.807, 2.05) is 77.0 Å². The van der Waals surface area contributed by atoms with E-state index in [1.54, 1.807) is 33.2 Å². The molecule has 0 radical (unpaired) electrons. The zero-order valence-corrected chi connectivity index (χ0v) is 44.1. The second kappa shape index (κ2) is 21.2. The van der Waals surface area contributed by atoms with Gasteiger partial charge in [0.25, 0.3) is 17.7 Å². The van der Waals surface area contributed by atoms with Crippen LogP contribution in [-0.4, -0.2) is 158 Å². The number of aryl methyl sites for hydroxylation is 1. The Hall–Kier alpha value is -6.36. The number of aromatic nitrogens is 2. The first-order chi connectivity index (χ1) is 34.3. The third kappa shape index (κ3) is 11.4. The molecular formula is C55H72N8O10. The van der Waals surface area contributed by atoms with E-state index in [0.29, 0.717) is 24.1 Å². The lowest BCUT2D eigenvalue weighted by Crippen LogP contribution is -2.67. The Bertz CT molecular complexity index is 2850. The summed E-state index contributed by atoms with van der Waals surface area (Å²) < 4.78 is 13.8. The predicted octanol–water partition coefficient (Wildman–Crippen LogP) is 4.00. The second-order valence-electron chi connectivity index (χ2n) is 21.7. The van der Waals surface area contributed by atoms with Crippen LogP contribution in [0.2, 0.25) is 0 Å². The van der Waals surface area contributed by atoms with Gasteiger partial charge in [0.1, 0.15) is 17.8 Å². The van der Waals surface area contributed by atoms with Gasteiger partial charge in [-0.25, -0.2) is 4.79 Å². The minimum Gasteiger partial charge on any atom is -0.508 e. The van der Waals surface area contributed by atoms with Crippen LogP contribution in [0, 0.1) is 23.2 Å². The van der Waals surface area contributed by atoms with E-state index in [0.717, 1.165) is 48.9 Å². The second-order valence-corrected chi connectivity index (χ2v) is 21.7. The van der Waals surface area contributed by atoms with Crippen molar-refractivity contribution in [3.8, 4) is 40.0 Å². The highest BCUT2D eigenvalue weighted by molar-refractivity contribution is 5.98. The van der Waals surface area contributed by atoms with Gasteiger partial charge in [0, 0.05) is 81.1 Å². The number of hydrazine groups is 1. The molecule has 3 aliphatic rings. The van der Waals surface area contributed by atoms with E-state index < -0.39 is 69.9 Å². The summed E-state index contributed by atoms with van der Waals surface area (Å²) >= 11 is 0. The van der Waals surface area contributed by atoms with Gasteiger partial charge in [-0.05, 0) is 118 Å². The van der Waals surface area contributed by atoms with Gasteiger partial charge >= 0.3 is 5.97 Å². The fourth-order valence-electron chi connectivity index (χ4n) is 10.1. The van der Waals surface area contributed by atoms with Crippen LogP contribution >= 0.6 is 0 Å². The quantitative estimate of drug-likeness (QED) is 0.112. The summed E-state index contributed by atoms with van der Waals surface area (Å²) in [5.41, 5.74) is 3.49. The van der Waals surface area contributed by atoms with Gasteiger partial charge in [0.2, 0.25) is 11.6 Å². The fourth-order valence-corrected chi connectivity index (χ4v) is 10.1. The first-order valence-corrected chi connectivity index (χ1v) is 25.0. The van der Waals surface area contributed by atoms with Crippen LogP contribution in [0.5, 0.6) is 5.75 Å². The summed E-state index contributed by atoms with van der Waals surface area (Å²) in [6.07, 6.45) is 2.05. The maximum Gasteiger partial charge on any atom is 0.355 e. The van der Waals surface area contributed by atoms with E-state index in [4.69, 9.17) is 9.47 Å². The minimum absolute atomic E-state index is 0.0578. The monoisotopic (exact) mass is 1000 g/mol. The third-order valence-electron chi connectivity index (χ3n) is 14.5. The molecule has 2 fully saturated rings. The van der Waals surface area contributed by atoms with Gasteiger partial charge in [0.05, 0.1) is 36.7 Å². The molecule has 0 unspecified atom stereocenters. The van der Waals surface area contributed by atoms with Crippen LogP contribution in [0.3, 0.4) is 0 Å². The number of esters is 1. The van der Waals surface area contributed by atoms with E-state index >= 15 is 0 Å². The molecule has 5 N–H and O–H groups in total. The molecule has 7 rings (SSSR count). The molecule has 73 heavy (non-hydrogen) atoms. The predicted molar refractivity (Wildman–Crippen MR) is 275 cm³/mol. The van der Waals surface area contributed by atoms with Gasteiger partial charge in [-0.2, -0.15) is 5.43 Å². The Morgan fingerprint density at radius 1 is 1.04 bits per heavy atom. The van der Waals surface area contributed by atoms with Gasteiger partial charge < -0.3 is 44.5 Å². The molecule has 2 aromatic carbocycles. The molecule has 2 saturated heterocycles. The smallest absolute Gasteiger partial charge is 0.355 e. The number of carbonyl (C=O) groups is 5. The average Bonchev–Trinajstić information content (AvgIpc) is 3.89. The molecule has 3 aliphatic heterocycles. The number of β-amino-alcohol motifs (C(OH)–C–C–N with tert-alkyl or cyclic N) is 1. The minimum atomic E-state index is -2.31. The number of phenolic OH excluding ortho intramolecular Hbond substituents is 1. The van der Waals surface area contributed by atoms with Crippen molar-refractivity contribution in [3.05, 3.63) is 71.5 Å². The summed E-state index contributed by atoms with van der Waals surface area (Å²) in [6, 6.07) is 12.4. The number of likely N-dealkylation sites (N-methyl/N-ethyl adjacent to an activating group) is 1. The molecule has 4 atom stereocenters. The van der Waals surface area contributed by atoms with Crippen LogP contribution in [-0.2, 0) is 59.4 Å². The molecule has 5 heterocycles. The standard InChI is InChI=1S/C55H72N8O10/c1-12-62-44-17-16-36-29-40(44)41(47(62)39-15-13-22-56-43(39)31-72-11)30-52(4,5)33-73-51(69)55(71)19-14-23-63(58-55)49(67)42(27-35-25-37(36)28-38(64)26-35)57-48(66)46(34(2)3)60(10)50(68)54(70)21-24-61(32-54)45(65)18-20-53(6,7)59(8)9/h13,15-17,22,25-26,28-29,34,42,46,58,64,70-71H,12,14,19,21,23-24,27,30-33H2,1-11H3,(H,57,66)/t42-,46-,54-,55-/m0/s1. The van der Waals surface area contributed by atoms with Crippen molar-refractivity contribution in [2.24, 2.45) is 11.3 Å². The third-order valence-corrected chi connectivity index (χ3v) is 14.5. The number of hydrogen-bond donors (Lipinski definition) is 5. The summed E-state index contributed by atoms with van der Waals surface area (Å²) in [7, 11) is 6.71. The first-order valence-electron chi connectivity index (χ1n) is 25.0. The molecule has 0 spiro atoms. The Labute approximate surface area is 428 Å². The van der Waals surface area contributed by atoms with Gasteiger partial charge in [-0.3, -0.25) is 34.1 Å². The number of amides is 4. The Balaban J connectivity index is 1.27. The number of nitrogens with zero attached hydrogens (tertiary/aromatic N) is 6. The zero-order valence-electron chi connectivity index (χ0n) is 44.1. The maximum absolute atomic E-state index is 14.8. The van der Waals surface area contributed by atoms with Crippen LogP contribution in [0.1, 0.15) is 84.5 Å². The number of methoxy groups -OCH3 is 1. The molecule has 0 aliphatic carbocycles. The van der Waals surface area contributed by atoms with Crippen LogP contribution in [0.4, 0.5) is 0 Å².